The van der Waals surface area contributed by atoms with Gasteiger partial charge in [0, 0.05) is 0 Å². The molecule has 0 spiro atoms. The molecule has 0 aromatic carbocycles. The Morgan fingerprint density at radius 1 is 1.40 bits per heavy atom. The van der Waals surface area contributed by atoms with Crippen molar-refractivity contribution in [1.29, 1.82) is 0 Å². The molecule has 3 atom stereocenters. The third-order valence-corrected chi connectivity index (χ3v) is 2.24. The first-order chi connectivity index (χ1) is 4.86. The van der Waals surface area contributed by atoms with Crippen molar-refractivity contribution >= 4 is 0 Å². The third kappa shape index (κ3) is 0.976. The number of hydrogen-bond donors (Lipinski definition) is 1. The molecule has 0 amide bonds. The molecule has 2 aliphatic heterocycles. The van der Waals surface area contributed by atoms with Gasteiger partial charge in [0.25, 0.3) is 0 Å². The van der Waals surface area contributed by atoms with Crippen LogP contribution in [0, 0.1) is 0 Å². The summed E-state index contributed by atoms with van der Waals surface area (Å²) in [6.07, 6.45) is 7.14. The molecule has 56 valence electrons. The van der Waals surface area contributed by atoms with Crippen LogP contribution in [-0.4, -0.2) is 23.4 Å². The van der Waals surface area contributed by atoms with Gasteiger partial charge in [-0.05, 0) is 19.3 Å². The topological polar surface area (TPSA) is 29.5 Å². The molecule has 1 saturated heterocycles. The quantitative estimate of drug-likeness (QED) is 0.505. The Hall–Kier alpha value is -0.340. The predicted octanol–water partition coefficient (Wildman–Crippen LogP) is 0.855. The lowest BCUT2D eigenvalue weighted by Crippen LogP contribution is -2.39. The molecule has 2 aliphatic rings. The average molecular weight is 140 g/mol. The van der Waals surface area contributed by atoms with Crippen LogP contribution in [0.5, 0.6) is 0 Å². The average Bonchev–Trinajstić information content (AvgIpc) is 1.99. The lowest BCUT2D eigenvalue weighted by atomic mass is 9.95. The van der Waals surface area contributed by atoms with Crippen molar-refractivity contribution in [1.82, 2.24) is 0 Å². The van der Waals surface area contributed by atoms with E-state index in [-0.39, 0.29) is 12.2 Å². The van der Waals surface area contributed by atoms with Crippen LogP contribution >= 0.6 is 0 Å². The second-order valence-electron chi connectivity index (χ2n) is 3.02. The molecule has 2 bridgehead atoms. The van der Waals surface area contributed by atoms with Crippen LogP contribution in [-0.2, 0) is 4.74 Å². The largest absolute Gasteiger partial charge is 0.390 e. The number of rotatable bonds is 0. The van der Waals surface area contributed by atoms with Crippen LogP contribution in [0.3, 0.4) is 0 Å². The molecular formula is C8H12O2. The summed E-state index contributed by atoms with van der Waals surface area (Å²) in [6, 6.07) is 0. The van der Waals surface area contributed by atoms with Crippen molar-refractivity contribution in [2.75, 3.05) is 0 Å². The van der Waals surface area contributed by atoms with Crippen LogP contribution in [0.15, 0.2) is 12.2 Å². The van der Waals surface area contributed by atoms with E-state index in [0.29, 0.717) is 6.10 Å². The maximum absolute atomic E-state index is 9.36. The molecule has 1 fully saturated rings. The van der Waals surface area contributed by atoms with Crippen LogP contribution in [0.2, 0.25) is 0 Å². The molecule has 2 nitrogen and oxygen atoms in total. The van der Waals surface area contributed by atoms with Gasteiger partial charge in [-0.3, -0.25) is 0 Å². The van der Waals surface area contributed by atoms with E-state index in [9.17, 15) is 5.11 Å². The summed E-state index contributed by atoms with van der Waals surface area (Å²) in [5, 5.41) is 9.36. The van der Waals surface area contributed by atoms with Gasteiger partial charge in [0.1, 0.15) is 0 Å². The lowest BCUT2D eigenvalue weighted by molar-refractivity contribution is -0.104. The van der Waals surface area contributed by atoms with Gasteiger partial charge in [0.05, 0.1) is 18.3 Å². The van der Waals surface area contributed by atoms with Gasteiger partial charge in [-0.1, -0.05) is 12.2 Å². The SMILES string of the molecule is O[C@H]1CC[C@H]2C=CC[C@@H]1O2. The summed E-state index contributed by atoms with van der Waals surface area (Å²) in [6.45, 7) is 0. The normalized spacial score (nSPS) is 45.5. The molecule has 2 rings (SSSR count). The molecule has 0 aromatic heterocycles. The first-order valence-electron chi connectivity index (χ1n) is 3.86. The molecular weight excluding hydrogens is 128 g/mol. The van der Waals surface area contributed by atoms with Crippen LogP contribution in [0.4, 0.5) is 0 Å². The second-order valence-corrected chi connectivity index (χ2v) is 3.02. The van der Waals surface area contributed by atoms with Crippen molar-refractivity contribution in [2.45, 2.75) is 37.6 Å². The van der Waals surface area contributed by atoms with Gasteiger partial charge in [-0.15, -0.1) is 0 Å². The highest BCUT2D eigenvalue weighted by molar-refractivity contribution is 5.00. The Labute approximate surface area is 60.5 Å². The van der Waals surface area contributed by atoms with Gasteiger partial charge in [-0.25, -0.2) is 0 Å². The van der Waals surface area contributed by atoms with Crippen LogP contribution in [0.1, 0.15) is 19.3 Å². The summed E-state index contributed by atoms with van der Waals surface area (Å²) < 4.78 is 5.50. The Kier molecular flexibility index (Phi) is 1.51. The Balaban J connectivity index is 2.11. The highest BCUT2D eigenvalue weighted by Gasteiger charge is 2.29. The number of aliphatic hydroxyl groups is 1. The third-order valence-electron chi connectivity index (χ3n) is 2.24. The smallest absolute Gasteiger partial charge is 0.0876 e. The Morgan fingerprint density at radius 2 is 2.30 bits per heavy atom. The fourth-order valence-electron chi connectivity index (χ4n) is 1.62. The summed E-state index contributed by atoms with van der Waals surface area (Å²) in [5.74, 6) is 0. The van der Waals surface area contributed by atoms with E-state index in [4.69, 9.17) is 4.74 Å². The van der Waals surface area contributed by atoms with E-state index >= 15 is 0 Å². The van der Waals surface area contributed by atoms with Gasteiger partial charge in [-0.2, -0.15) is 0 Å². The number of hydrogen-bond acceptors (Lipinski definition) is 2. The summed E-state index contributed by atoms with van der Waals surface area (Å²) in [5.41, 5.74) is 0. The molecule has 2 heterocycles. The molecule has 0 aliphatic carbocycles. The zero-order chi connectivity index (χ0) is 6.97. The second kappa shape index (κ2) is 2.36. The maximum atomic E-state index is 9.36. The fraction of sp³-hybridized carbons (Fsp3) is 0.750. The fourth-order valence-corrected chi connectivity index (χ4v) is 1.62. The standard InChI is InChI=1S/C8H12O2/c9-7-5-4-6-2-1-3-8(7)10-6/h1-2,6-9H,3-5H2/t6-,7+,8+/m1/s1. The first kappa shape index (κ1) is 6.38. The van der Waals surface area contributed by atoms with Gasteiger partial charge >= 0.3 is 0 Å². The van der Waals surface area contributed by atoms with Crippen LogP contribution in [0.25, 0.3) is 0 Å². The number of aliphatic hydroxyl groups excluding tert-OH is 1. The molecule has 2 heteroatoms. The molecule has 0 saturated carbocycles. The van der Waals surface area contributed by atoms with Crippen molar-refractivity contribution < 1.29 is 9.84 Å². The van der Waals surface area contributed by atoms with E-state index in [1.54, 1.807) is 0 Å². The molecule has 10 heavy (non-hydrogen) atoms. The molecule has 0 aromatic rings. The Morgan fingerprint density at radius 3 is 3.10 bits per heavy atom. The minimum absolute atomic E-state index is 0.0868. The lowest BCUT2D eigenvalue weighted by Gasteiger charge is -2.34. The van der Waals surface area contributed by atoms with E-state index < -0.39 is 0 Å². The number of ether oxygens (including phenoxy) is 1. The minimum atomic E-state index is -0.221. The highest BCUT2D eigenvalue weighted by Crippen LogP contribution is 2.26. The monoisotopic (exact) mass is 140 g/mol. The summed E-state index contributed by atoms with van der Waals surface area (Å²) in [7, 11) is 0. The summed E-state index contributed by atoms with van der Waals surface area (Å²) >= 11 is 0. The van der Waals surface area contributed by atoms with E-state index in [1.807, 2.05) is 0 Å². The molecule has 0 unspecified atom stereocenters. The first-order valence-corrected chi connectivity index (χ1v) is 3.86. The van der Waals surface area contributed by atoms with Gasteiger partial charge < -0.3 is 9.84 Å². The van der Waals surface area contributed by atoms with Crippen molar-refractivity contribution in [2.24, 2.45) is 0 Å². The highest BCUT2D eigenvalue weighted by atomic mass is 16.5. The van der Waals surface area contributed by atoms with Crippen molar-refractivity contribution in [3.05, 3.63) is 12.2 Å². The summed E-state index contributed by atoms with van der Waals surface area (Å²) in [4.78, 5) is 0. The molecule has 1 N–H and O–H groups in total. The molecule has 0 radical (unpaired) electrons. The maximum Gasteiger partial charge on any atom is 0.0876 e. The minimum Gasteiger partial charge on any atom is -0.390 e. The van der Waals surface area contributed by atoms with Crippen molar-refractivity contribution in [3.8, 4) is 0 Å². The van der Waals surface area contributed by atoms with Crippen LogP contribution < -0.4 is 0 Å². The Bertz CT molecular complexity index is 153. The zero-order valence-corrected chi connectivity index (χ0v) is 5.86. The van der Waals surface area contributed by atoms with E-state index in [2.05, 4.69) is 12.2 Å². The van der Waals surface area contributed by atoms with Gasteiger partial charge in [0.15, 0.2) is 0 Å². The zero-order valence-electron chi connectivity index (χ0n) is 5.86. The van der Waals surface area contributed by atoms with Crippen molar-refractivity contribution in [3.63, 3.8) is 0 Å². The predicted molar refractivity (Wildman–Crippen MR) is 37.7 cm³/mol. The number of fused-ring (bicyclic) bond motifs is 2. The van der Waals surface area contributed by atoms with E-state index in [0.717, 1.165) is 19.3 Å². The van der Waals surface area contributed by atoms with Gasteiger partial charge in [0.2, 0.25) is 0 Å². The van der Waals surface area contributed by atoms with E-state index in [1.165, 1.54) is 0 Å².